The number of nitrogens with zero attached hydrogens (tertiary/aromatic N) is 3. The van der Waals surface area contributed by atoms with Gasteiger partial charge in [0.15, 0.2) is 0 Å². The third kappa shape index (κ3) is 3.54. The largest absolute Gasteiger partial charge is 0.339 e. The van der Waals surface area contributed by atoms with Crippen LogP contribution in [0.4, 0.5) is 0 Å². The maximum absolute atomic E-state index is 11.9. The Balaban J connectivity index is 1.77. The average Bonchev–Trinajstić information content (AvgIpc) is 3.05. The second-order valence-electron chi connectivity index (χ2n) is 5.43. The summed E-state index contributed by atoms with van der Waals surface area (Å²) in [5.74, 6) is 6.20. The molecule has 0 N–H and O–H groups in total. The first-order chi connectivity index (χ1) is 11.2. The van der Waals surface area contributed by atoms with Crippen LogP contribution in [0.3, 0.4) is 0 Å². The van der Waals surface area contributed by atoms with E-state index in [4.69, 9.17) is 16.1 Å². The Morgan fingerprint density at radius 1 is 1.48 bits per heavy atom. The molecule has 23 heavy (non-hydrogen) atoms. The zero-order valence-corrected chi connectivity index (χ0v) is 13.5. The second-order valence-corrected chi connectivity index (χ2v) is 5.87. The first-order valence-corrected chi connectivity index (χ1v) is 7.86. The molecule has 0 bridgehead atoms. The molecular weight excluding hydrogens is 314 g/mol. The van der Waals surface area contributed by atoms with Gasteiger partial charge in [-0.25, -0.2) is 0 Å². The van der Waals surface area contributed by atoms with Crippen LogP contribution < -0.4 is 0 Å². The van der Waals surface area contributed by atoms with Crippen LogP contribution in [0.2, 0.25) is 5.02 Å². The summed E-state index contributed by atoms with van der Waals surface area (Å²) in [6.45, 7) is 2.94. The monoisotopic (exact) mass is 329 g/mol. The van der Waals surface area contributed by atoms with E-state index in [-0.39, 0.29) is 11.8 Å². The van der Waals surface area contributed by atoms with Crippen molar-refractivity contribution in [3.05, 3.63) is 35.2 Å². The fraction of sp³-hybridized carbons (Fsp3) is 0.353. The third-order valence-corrected chi connectivity index (χ3v) is 4.05. The zero-order chi connectivity index (χ0) is 16.2. The molecule has 1 saturated heterocycles. The summed E-state index contributed by atoms with van der Waals surface area (Å²) >= 11 is 5.99. The molecule has 118 valence electrons. The van der Waals surface area contributed by atoms with Crippen LogP contribution in [-0.4, -0.2) is 34.0 Å². The van der Waals surface area contributed by atoms with Crippen molar-refractivity contribution >= 4 is 17.5 Å². The van der Waals surface area contributed by atoms with E-state index in [1.165, 1.54) is 0 Å². The van der Waals surface area contributed by atoms with E-state index in [1.54, 1.807) is 24.0 Å². The Bertz CT molecular complexity index is 775. The molecule has 6 heteroatoms. The Morgan fingerprint density at radius 2 is 2.35 bits per heavy atom. The summed E-state index contributed by atoms with van der Waals surface area (Å²) in [7, 11) is 0. The van der Waals surface area contributed by atoms with Gasteiger partial charge in [0, 0.05) is 23.7 Å². The number of carbonyl (C=O) groups excluding carboxylic acids is 1. The number of hydrogen-bond acceptors (Lipinski definition) is 4. The van der Waals surface area contributed by atoms with Gasteiger partial charge in [0.1, 0.15) is 0 Å². The molecule has 3 rings (SSSR count). The molecule has 1 aromatic heterocycles. The van der Waals surface area contributed by atoms with Gasteiger partial charge in [-0.05, 0) is 37.8 Å². The minimum absolute atomic E-state index is 0.0480. The molecule has 2 heterocycles. The minimum atomic E-state index is -0.147. The molecule has 1 aliphatic rings. The Kier molecular flexibility index (Phi) is 4.63. The molecule has 1 aromatic carbocycles. The van der Waals surface area contributed by atoms with Crippen molar-refractivity contribution < 1.29 is 9.32 Å². The fourth-order valence-electron chi connectivity index (χ4n) is 2.70. The van der Waals surface area contributed by atoms with E-state index in [2.05, 4.69) is 22.0 Å². The van der Waals surface area contributed by atoms with Crippen molar-refractivity contribution in [1.29, 1.82) is 0 Å². The summed E-state index contributed by atoms with van der Waals surface area (Å²) in [6.07, 6.45) is 1.82. The quantitative estimate of drug-likeness (QED) is 0.794. The van der Waals surface area contributed by atoms with Gasteiger partial charge in [0.05, 0.1) is 5.92 Å². The van der Waals surface area contributed by atoms with Gasteiger partial charge in [-0.2, -0.15) is 4.98 Å². The normalized spacial score (nSPS) is 17.5. The van der Waals surface area contributed by atoms with E-state index in [9.17, 15) is 4.79 Å². The summed E-state index contributed by atoms with van der Waals surface area (Å²) < 4.78 is 5.41. The van der Waals surface area contributed by atoms with Gasteiger partial charge in [0.2, 0.25) is 11.7 Å². The lowest BCUT2D eigenvalue weighted by Gasteiger charge is -2.29. The standard InChI is InChI=1S/C17H16ClN3O2/c1-2-5-15(22)21-9-4-7-13(11-21)17-19-16(20-23-17)12-6-3-8-14(18)10-12/h3,6,8,10,13H,4,7,9,11H2,1H3. The highest BCUT2D eigenvalue weighted by Crippen LogP contribution is 2.28. The molecule has 0 aliphatic carbocycles. The molecule has 0 radical (unpaired) electrons. The highest BCUT2D eigenvalue weighted by atomic mass is 35.5. The minimum Gasteiger partial charge on any atom is -0.339 e. The van der Waals surface area contributed by atoms with Gasteiger partial charge in [-0.1, -0.05) is 34.8 Å². The number of hydrogen-bond donors (Lipinski definition) is 0. The molecule has 1 atom stereocenters. The van der Waals surface area contributed by atoms with Crippen molar-refractivity contribution in [2.24, 2.45) is 0 Å². The summed E-state index contributed by atoms with van der Waals surface area (Å²) in [5, 5.41) is 4.66. The lowest BCUT2D eigenvalue weighted by molar-refractivity contribution is -0.126. The second kappa shape index (κ2) is 6.84. The Labute approximate surface area is 139 Å². The summed E-state index contributed by atoms with van der Waals surface area (Å²) in [5.41, 5.74) is 0.813. The highest BCUT2D eigenvalue weighted by molar-refractivity contribution is 6.30. The Hall–Kier alpha value is -2.32. The number of benzene rings is 1. The van der Waals surface area contributed by atoms with Gasteiger partial charge < -0.3 is 9.42 Å². The van der Waals surface area contributed by atoms with Crippen molar-refractivity contribution in [1.82, 2.24) is 15.0 Å². The Morgan fingerprint density at radius 3 is 3.13 bits per heavy atom. The molecule has 2 aromatic rings. The van der Waals surface area contributed by atoms with Crippen LogP contribution in [0.1, 0.15) is 31.6 Å². The van der Waals surface area contributed by atoms with E-state index >= 15 is 0 Å². The zero-order valence-electron chi connectivity index (χ0n) is 12.8. The van der Waals surface area contributed by atoms with E-state index < -0.39 is 0 Å². The van der Waals surface area contributed by atoms with Crippen molar-refractivity contribution in [2.45, 2.75) is 25.7 Å². The van der Waals surface area contributed by atoms with Gasteiger partial charge in [-0.3, -0.25) is 4.79 Å². The number of rotatable bonds is 2. The van der Waals surface area contributed by atoms with Gasteiger partial charge in [-0.15, -0.1) is 0 Å². The number of aromatic nitrogens is 2. The molecule has 1 unspecified atom stereocenters. The predicted octanol–water partition coefficient (Wildman–Crippen LogP) is 3.12. The maximum atomic E-state index is 11.9. The number of amides is 1. The van der Waals surface area contributed by atoms with E-state index in [1.807, 2.05) is 12.1 Å². The van der Waals surface area contributed by atoms with Gasteiger partial charge >= 0.3 is 0 Å². The van der Waals surface area contributed by atoms with Gasteiger partial charge in [0.25, 0.3) is 5.91 Å². The van der Waals surface area contributed by atoms with Crippen LogP contribution in [0, 0.1) is 11.8 Å². The van der Waals surface area contributed by atoms with Crippen LogP contribution in [0.25, 0.3) is 11.4 Å². The average molecular weight is 330 g/mol. The van der Waals surface area contributed by atoms with E-state index in [0.29, 0.717) is 23.3 Å². The molecule has 5 nitrogen and oxygen atoms in total. The fourth-order valence-corrected chi connectivity index (χ4v) is 2.89. The van der Waals surface area contributed by atoms with Crippen LogP contribution in [0.15, 0.2) is 28.8 Å². The molecule has 1 amide bonds. The molecule has 0 saturated carbocycles. The SMILES string of the molecule is CC#CC(=O)N1CCCC(c2nc(-c3cccc(Cl)c3)no2)C1. The number of halogens is 1. The topological polar surface area (TPSA) is 59.2 Å². The van der Waals surface area contributed by atoms with Crippen molar-refractivity contribution in [3.8, 4) is 23.2 Å². The lowest BCUT2D eigenvalue weighted by atomic mass is 9.98. The predicted molar refractivity (Wildman–Crippen MR) is 86.7 cm³/mol. The van der Waals surface area contributed by atoms with Crippen molar-refractivity contribution in [2.75, 3.05) is 13.1 Å². The number of likely N-dealkylation sites (tertiary alicyclic amines) is 1. The summed E-state index contributed by atoms with van der Waals surface area (Å²) in [4.78, 5) is 18.1. The smallest absolute Gasteiger partial charge is 0.298 e. The number of carbonyl (C=O) groups is 1. The highest BCUT2D eigenvalue weighted by Gasteiger charge is 2.28. The molecule has 0 spiro atoms. The first kappa shape index (κ1) is 15.6. The van der Waals surface area contributed by atoms with E-state index in [0.717, 1.165) is 24.9 Å². The third-order valence-electron chi connectivity index (χ3n) is 3.81. The molecule has 1 fully saturated rings. The number of piperidine rings is 1. The van der Waals surface area contributed by atoms with Crippen LogP contribution in [-0.2, 0) is 4.79 Å². The lowest BCUT2D eigenvalue weighted by Crippen LogP contribution is -2.38. The van der Waals surface area contributed by atoms with Crippen LogP contribution in [0.5, 0.6) is 0 Å². The molecular formula is C17H16ClN3O2. The van der Waals surface area contributed by atoms with Crippen molar-refractivity contribution in [3.63, 3.8) is 0 Å². The maximum Gasteiger partial charge on any atom is 0.298 e. The first-order valence-electron chi connectivity index (χ1n) is 7.48. The molecule has 1 aliphatic heterocycles. The van der Waals surface area contributed by atoms with Crippen LogP contribution >= 0.6 is 11.6 Å². The summed E-state index contributed by atoms with van der Waals surface area (Å²) in [6, 6.07) is 7.32.